The summed E-state index contributed by atoms with van der Waals surface area (Å²) in [6.45, 7) is 7.77. The van der Waals surface area contributed by atoms with Crippen LogP contribution in [0.4, 0.5) is 13.2 Å². The summed E-state index contributed by atoms with van der Waals surface area (Å²) in [6.07, 6.45) is 0. The number of hydrogen-bond donors (Lipinski definition) is 1. The number of likely N-dealkylation sites (N-methyl/N-ethyl adjacent to an activating group) is 1. The fraction of sp³-hybridized carbons (Fsp3) is 0.571. The molecule has 0 heterocycles. The Kier molecular flexibility index (Phi) is 5.82. The third-order valence-electron chi connectivity index (χ3n) is 3.06. The normalized spacial score (nSPS) is 13.3. The molecule has 108 valence electrons. The molecule has 5 heteroatoms. The molecule has 19 heavy (non-hydrogen) atoms. The van der Waals surface area contributed by atoms with Crippen LogP contribution in [0.5, 0.6) is 0 Å². The van der Waals surface area contributed by atoms with Crippen molar-refractivity contribution in [3.63, 3.8) is 0 Å². The second-order valence-electron chi connectivity index (χ2n) is 5.03. The Labute approximate surface area is 112 Å². The second kappa shape index (κ2) is 6.91. The van der Waals surface area contributed by atoms with Crippen molar-refractivity contribution in [1.29, 1.82) is 0 Å². The number of nitrogens with two attached hydrogens (primary N) is 1. The predicted octanol–water partition coefficient (Wildman–Crippen LogP) is 3.08. The van der Waals surface area contributed by atoms with Gasteiger partial charge in [0, 0.05) is 19.1 Å². The van der Waals surface area contributed by atoms with Gasteiger partial charge >= 0.3 is 0 Å². The Morgan fingerprint density at radius 3 is 2.05 bits per heavy atom. The lowest BCUT2D eigenvalue weighted by Crippen LogP contribution is -2.36. The molecule has 0 amide bonds. The molecule has 2 N–H and O–H groups in total. The maximum Gasteiger partial charge on any atom is 0.194 e. The summed E-state index contributed by atoms with van der Waals surface area (Å²) in [5.74, 6) is -3.38. The third kappa shape index (κ3) is 3.94. The van der Waals surface area contributed by atoms with Crippen LogP contribution < -0.4 is 5.73 Å². The van der Waals surface area contributed by atoms with E-state index in [-0.39, 0.29) is 12.6 Å². The largest absolute Gasteiger partial charge is 0.329 e. The molecular weight excluding hydrogens is 253 g/mol. The molecule has 1 unspecified atom stereocenters. The van der Waals surface area contributed by atoms with Crippen molar-refractivity contribution < 1.29 is 13.2 Å². The summed E-state index contributed by atoms with van der Waals surface area (Å²) >= 11 is 0. The van der Waals surface area contributed by atoms with E-state index < -0.39 is 17.5 Å². The van der Waals surface area contributed by atoms with E-state index in [1.54, 1.807) is 0 Å². The van der Waals surface area contributed by atoms with Crippen LogP contribution >= 0.6 is 0 Å². The first kappa shape index (κ1) is 16.0. The quantitative estimate of drug-likeness (QED) is 0.808. The van der Waals surface area contributed by atoms with E-state index in [1.165, 1.54) is 0 Å². The third-order valence-corrected chi connectivity index (χ3v) is 3.06. The average Bonchev–Trinajstić information content (AvgIpc) is 2.34. The van der Waals surface area contributed by atoms with Crippen LogP contribution in [0, 0.1) is 23.4 Å². The van der Waals surface area contributed by atoms with Gasteiger partial charge in [-0.25, -0.2) is 13.2 Å². The lowest BCUT2D eigenvalue weighted by Gasteiger charge is -2.31. The van der Waals surface area contributed by atoms with Gasteiger partial charge in [-0.05, 0) is 30.2 Å². The zero-order valence-corrected chi connectivity index (χ0v) is 11.6. The summed E-state index contributed by atoms with van der Waals surface area (Å²) in [5.41, 5.74) is 6.09. The smallest absolute Gasteiger partial charge is 0.194 e. The predicted molar refractivity (Wildman–Crippen MR) is 70.2 cm³/mol. The Morgan fingerprint density at radius 1 is 1.16 bits per heavy atom. The van der Waals surface area contributed by atoms with Crippen molar-refractivity contribution in [3.05, 3.63) is 35.1 Å². The second-order valence-corrected chi connectivity index (χ2v) is 5.03. The molecule has 0 bridgehead atoms. The minimum atomic E-state index is -1.44. The number of hydrogen-bond acceptors (Lipinski definition) is 2. The van der Waals surface area contributed by atoms with Crippen molar-refractivity contribution in [2.75, 3.05) is 19.6 Å². The number of halogens is 3. The van der Waals surface area contributed by atoms with Gasteiger partial charge in [0.05, 0.1) is 0 Å². The van der Waals surface area contributed by atoms with Gasteiger partial charge < -0.3 is 5.73 Å². The summed E-state index contributed by atoms with van der Waals surface area (Å²) in [6, 6.07) is 1.75. The van der Waals surface area contributed by atoms with Gasteiger partial charge in [0.2, 0.25) is 0 Å². The fourth-order valence-corrected chi connectivity index (χ4v) is 2.21. The summed E-state index contributed by atoms with van der Waals surface area (Å²) in [7, 11) is 0. The zero-order chi connectivity index (χ0) is 14.6. The molecule has 2 nitrogen and oxygen atoms in total. The van der Waals surface area contributed by atoms with Gasteiger partial charge in [0.1, 0.15) is 0 Å². The van der Waals surface area contributed by atoms with E-state index in [1.807, 2.05) is 11.8 Å². The zero-order valence-electron chi connectivity index (χ0n) is 11.6. The molecule has 0 aromatic heterocycles. The Bertz CT molecular complexity index is 398. The maximum absolute atomic E-state index is 13.3. The topological polar surface area (TPSA) is 29.3 Å². The number of nitrogens with zero attached hydrogens (tertiary/aromatic N) is 1. The van der Waals surface area contributed by atoms with Crippen molar-refractivity contribution in [2.45, 2.75) is 26.8 Å². The van der Waals surface area contributed by atoms with Gasteiger partial charge in [0.25, 0.3) is 0 Å². The Balaban J connectivity index is 3.08. The van der Waals surface area contributed by atoms with Crippen molar-refractivity contribution in [3.8, 4) is 0 Å². The Morgan fingerprint density at radius 2 is 1.68 bits per heavy atom. The van der Waals surface area contributed by atoms with E-state index in [0.717, 1.165) is 18.7 Å². The highest BCUT2D eigenvalue weighted by Crippen LogP contribution is 2.24. The molecular formula is C14H21F3N2. The highest BCUT2D eigenvalue weighted by molar-refractivity contribution is 5.23. The monoisotopic (exact) mass is 274 g/mol. The van der Waals surface area contributed by atoms with Crippen LogP contribution in [0.25, 0.3) is 0 Å². The Hall–Kier alpha value is -1.07. The first-order valence-electron chi connectivity index (χ1n) is 6.49. The molecule has 0 spiro atoms. The van der Waals surface area contributed by atoms with Crippen LogP contribution in [-0.2, 0) is 0 Å². The van der Waals surface area contributed by atoms with E-state index >= 15 is 0 Å². The van der Waals surface area contributed by atoms with E-state index in [4.69, 9.17) is 5.73 Å². The highest BCUT2D eigenvalue weighted by Gasteiger charge is 2.21. The van der Waals surface area contributed by atoms with Crippen molar-refractivity contribution in [1.82, 2.24) is 4.90 Å². The molecule has 0 aliphatic rings. The minimum absolute atomic E-state index is 0.227. The van der Waals surface area contributed by atoms with Crippen LogP contribution in [-0.4, -0.2) is 24.5 Å². The SMILES string of the molecule is CCN(CC(C)C)C(CN)c1cc(F)c(F)c(F)c1. The lowest BCUT2D eigenvalue weighted by molar-refractivity contribution is 0.188. The van der Waals surface area contributed by atoms with E-state index in [2.05, 4.69) is 13.8 Å². The van der Waals surface area contributed by atoms with Crippen LogP contribution in [0.1, 0.15) is 32.4 Å². The van der Waals surface area contributed by atoms with Gasteiger partial charge in [-0.1, -0.05) is 20.8 Å². The van der Waals surface area contributed by atoms with E-state index in [9.17, 15) is 13.2 Å². The molecule has 0 saturated carbocycles. The van der Waals surface area contributed by atoms with Crippen LogP contribution in [0.3, 0.4) is 0 Å². The van der Waals surface area contributed by atoms with Crippen LogP contribution in [0.15, 0.2) is 12.1 Å². The lowest BCUT2D eigenvalue weighted by atomic mass is 10.0. The fourth-order valence-electron chi connectivity index (χ4n) is 2.21. The highest BCUT2D eigenvalue weighted by atomic mass is 19.2. The number of rotatable bonds is 6. The summed E-state index contributed by atoms with van der Waals surface area (Å²) in [5, 5.41) is 0. The summed E-state index contributed by atoms with van der Waals surface area (Å²) in [4.78, 5) is 2.04. The molecule has 0 saturated heterocycles. The molecule has 0 radical (unpaired) electrons. The van der Waals surface area contributed by atoms with Gasteiger partial charge in [-0.15, -0.1) is 0 Å². The molecule has 0 fully saturated rings. The molecule has 1 aromatic carbocycles. The minimum Gasteiger partial charge on any atom is -0.329 e. The summed E-state index contributed by atoms with van der Waals surface area (Å²) < 4.78 is 39.6. The average molecular weight is 274 g/mol. The van der Waals surface area contributed by atoms with Gasteiger partial charge in [-0.2, -0.15) is 0 Å². The first-order chi connectivity index (χ1) is 8.90. The van der Waals surface area contributed by atoms with Crippen molar-refractivity contribution >= 4 is 0 Å². The van der Waals surface area contributed by atoms with Gasteiger partial charge in [-0.3, -0.25) is 4.90 Å². The van der Waals surface area contributed by atoms with E-state index in [0.29, 0.717) is 18.0 Å². The first-order valence-corrected chi connectivity index (χ1v) is 6.49. The maximum atomic E-state index is 13.3. The molecule has 1 rings (SSSR count). The standard InChI is InChI=1S/C14H21F3N2/c1-4-19(8-9(2)3)13(7-18)10-5-11(15)14(17)12(16)6-10/h5-6,9,13H,4,7-8,18H2,1-3H3. The molecule has 0 aliphatic heterocycles. The molecule has 0 aliphatic carbocycles. The van der Waals surface area contributed by atoms with Crippen LogP contribution in [0.2, 0.25) is 0 Å². The van der Waals surface area contributed by atoms with Crippen molar-refractivity contribution in [2.24, 2.45) is 11.7 Å². The number of benzene rings is 1. The molecule has 1 aromatic rings. The molecule has 1 atom stereocenters. The van der Waals surface area contributed by atoms with Gasteiger partial charge in [0.15, 0.2) is 17.5 Å².